The van der Waals surface area contributed by atoms with Crippen molar-refractivity contribution in [3.05, 3.63) is 53.4 Å². The molecule has 4 nitrogen and oxygen atoms in total. The van der Waals surface area contributed by atoms with E-state index in [0.29, 0.717) is 17.7 Å². The first-order valence-electron chi connectivity index (χ1n) is 10.1. The Morgan fingerprint density at radius 2 is 1.85 bits per heavy atom. The topological polar surface area (TPSA) is 38.1 Å². The molecule has 1 saturated carbocycles. The number of rotatable bonds is 5. The summed E-state index contributed by atoms with van der Waals surface area (Å²) in [5, 5.41) is 0. The van der Waals surface area contributed by atoms with Crippen LogP contribution in [-0.4, -0.2) is 33.4 Å². The van der Waals surface area contributed by atoms with E-state index >= 15 is 0 Å². The largest absolute Gasteiger partial charge is 0.342 e. The number of hydrogen-bond donors (Lipinski definition) is 0. The Balaban J connectivity index is 1.36. The molecule has 5 heteroatoms. The lowest BCUT2D eigenvalue weighted by Crippen LogP contribution is -2.43. The molecule has 27 heavy (non-hydrogen) atoms. The van der Waals surface area contributed by atoms with Crippen LogP contribution in [0.1, 0.15) is 49.2 Å². The Morgan fingerprint density at radius 1 is 1.15 bits per heavy atom. The lowest BCUT2D eigenvalue weighted by atomic mass is 9.83. The van der Waals surface area contributed by atoms with Crippen molar-refractivity contribution in [2.75, 3.05) is 13.1 Å². The summed E-state index contributed by atoms with van der Waals surface area (Å²) in [7, 11) is 0. The SMILES string of the molecule is Cc1cnc(CC2CCN(C(=O)C3CCC3)CC2)n1Cc1ccc(F)cc1. The zero-order valence-corrected chi connectivity index (χ0v) is 16.0. The molecule has 0 unspecified atom stereocenters. The maximum absolute atomic E-state index is 13.2. The third kappa shape index (κ3) is 4.07. The molecule has 144 valence electrons. The molecule has 2 aliphatic rings. The predicted molar refractivity (Wildman–Crippen MR) is 103 cm³/mol. The van der Waals surface area contributed by atoms with Gasteiger partial charge < -0.3 is 9.47 Å². The number of amides is 1. The summed E-state index contributed by atoms with van der Waals surface area (Å²) in [6.45, 7) is 4.57. The zero-order valence-electron chi connectivity index (χ0n) is 16.0. The van der Waals surface area contributed by atoms with E-state index in [9.17, 15) is 9.18 Å². The van der Waals surface area contributed by atoms with Crippen molar-refractivity contribution in [1.82, 2.24) is 14.5 Å². The highest BCUT2D eigenvalue weighted by atomic mass is 19.1. The summed E-state index contributed by atoms with van der Waals surface area (Å²) in [5.41, 5.74) is 2.21. The molecule has 2 heterocycles. The number of imidazole rings is 1. The van der Waals surface area contributed by atoms with Crippen LogP contribution in [0, 0.1) is 24.6 Å². The van der Waals surface area contributed by atoms with E-state index in [-0.39, 0.29) is 5.82 Å². The summed E-state index contributed by atoms with van der Waals surface area (Å²) in [5.74, 6) is 2.15. The third-order valence-electron chi connectivity index (χ3n) is 6.24. The summed E-state index contributed by atoms with van der Waals surface area (Å²) >= 11 is 0. The van der Waals surface area contributed by atoms with Gasteiger partial charge in [0.1, 0.15) is 11.6 Å². The lowest BCUT2D eigenvalue weighted by molar-refractivity contribution is -0.139. The van der Waals surface area contributed by atoms with Crippen LogP contribution in [0.4, 0.5) is 4.39 Å². The fourth-order valence-electron chi connectivity index (χ4n) is 4.19. The minimum atomic E-state index is -0.204. The number of aryl methyl sites for hydroxylation is 1. The van der Waals surface area contributed by atoms with Crippen molar-refractivity contribution >= 4 is 5.91 Å². The number of hydrogen-bond acceptors (Lipinski definition) is 2. The number of nitrogens with zero attached hydrogens (tertiary/aromatic N) is 3. The normalized spacial score (nSPS) is 18.5. The van der Waals surface area contributed by atoms with Crippen molar-refractivity contribution in [2.24, 2.45) is 11.8 Å². The Hall–Kier alpha value is -2.17. The molecule has 0 radical (unpaired) electrons. The molecule has 1 amide bonds. The highest BCUT2D eigenvalue weighted by Crippen LogP contribution is 2.30. The first-order chi connectivity index (χ1) is 13.1. The van der Waals surface area contributed by atoms with Crippen LogP contribution >= 0.6 is 0 Å². The second-order valence-electron chi connectivity index (χ2n) is 8.13. The maximum atomic E-state index is 13.2. The molecule has 1 aliphatic carbocycles. The Kier molecular flexibility index (Phi) is 5.28. The van der Waals surface area contributed by atoms with Crippen molar-refractivity contribution in [3.8, 4) is 0 Å². The molecule has 1 aromatic heterocycles. The van der Waals surface area contributed by atoms with Gasteiger partial charge in [-0.2, -0.15) is 0 Å². The van der Waals surface area contributed by atoms with E-state index in [1.54, 1.807) is 0 Å². The predicted octanol–water partition coefficient (Wildman–Crippen LogP) is 3.96. The van der Waals surface area contributed by atoms with Crippen molar-refractivity contribution in [2.45, 2.75) is 52.0 Å². The van der Waals surface area contributed by atoms with Crippen molar-refractivity contribution in [1.29, 1.82) is 0 Å². The summed E-state index contributed by atoms with van der Waals surface area (Å²) in [4.78, 5) is 19.1. The Morgan fingerprint density at radius 3 is 2.48 bits per heavy atom. The number of halogens is 1. The quantitative estimate of drug-likeness (QED) is 0.800. The Labute approximate surface area is 160 Å². The second kappa shape index (κ2) is 7.83. The monoisotopic (exact) mass is 369 g/mol. The van der Waals surface area contributed by atoms with Crippen molar-refractivity contribution < 1.29 is 9.18 Å². The molecule has 1 aromatic carbocycles. The fraction of sp³-hybridized carbons (Fsp3) is 0.545. The summed E-state index contributed by atoms with van der Waals surface area (Å²) in [6.07, 6.45) is 8.36. The van der Waals surface area contributed by atoms with Gasteiger partial charge in [-0.1, -0.05) is 18.6 Å². The minimum Gasteiger partial charge on any atom is -0.342 e. The van der Waals surface area contributed by atoms with Gasteiger partial charge in [0, 0.05) is 43.9 Å². The number of aromatic nitrogens is 2. The van der Waals surface area contributed by atoms with E-state index in [1.807, 2.05) is 18.3 Å². The number of benzene rings is 1. The number of carbonyl (C=O) groups is 1. The van der Waals surface area contributed by atoms with Crippen LogP contribution in [-0.2, 0) is 17.8 Å². The molecule has 0 atom stereocenters. The van der Waals surface area contributed by atoms with Gasteiger partial charge in [0.15, 0.2) is 0 Å². The van der Waals surface area contributed by atoms with Gasteiger partial charge in [0.2, 0.25) is 5.91 Å². The average Bonchev–Trinajstić information content (AvgIpc) is 2.96. The van der Waals surface area contributed by atoms with Gasteiger partial charge >= 0.3 is 0 Å². The molecular formula is C22H28FN3O. The van der Waals surface area contributed by atoms with Gasteiger partial charge in [-0.05, 0) is 56.2 Å². The third-order valence-corrected chi connectivity index (χ3v) is 6.24. The zero-order chi connectivity index (χ0) is 18.8. The van der Waals surface area contributed by atoms with Gasteiger partial charge in [0.25, 0.3) is 0 Å². The first kappa shape index (κ1) is 18.2. The van der Waals surface area contributed by atoms with Gasteiger partial charge in [-0.25, -0.2) is 9.37 Å². The van der Waals surface area contributed by atoms with Gasteiger partial charge in [-0.3, -0.25) is 4.79 Å². The average molecular weight is 369 g/mol. The smallest absolute Gasteiger partial charge is 0.225 e. The molecule has 4 rings (SSSR count). The maximum Gasteiger partial charge on any atom is 0.225 e. The molecule has 0 bridgehead atoms. The molecule has 2 fully saturated rings. The second-order valence-corrected chi connectivity index (χ2v) is 8.13. The van der Waals surface area contributed by atoms with E-state index in [1.165, 1.54) is 18.6 Å². The highest BCUT2D eigenvalue weighted by molar-refractivity contribution is 5.79. The Bertz CT molecular complexity index is 786. The number of likely N-dealkylation sites (tertiary alicyclic amines) is 1. The standard InChI is InChI=1S/C22H28FN3O/c1-16-14-24-21(26(16)15-18-5-7-20(23)8-6-18)13-17-9-11-25(12-10-17)22(27)19-3-2-4-19/h5-8,14,17,19H,2-4,9-13,15H2,1H3. The first-order valence-corrected chi connectivity index (χ1v) is 10.1. The fourth-order valence-corrected chi connectivity index (χ4v) is 4.19. The van der Waals surface area contributed by atoms with Crippen LogP contribution < -0.4 is 0 Å². The van der Waals surface area contributed by atoms with Crippen LogP contribution in [0.15, 0.2) is 30.5 Å². The molecular weight excluding hydrogens is 341 g/mol. The summed E-state index contributed by atoms with van der Waals surface area (Å²) < 4.78 is 15.4. The molecule has 1 aliphatic heterocycles. The number of carbonyl (C=O) groups excluding carboxylic acids is 1. The van der Waals surface area contributed by atoms with Crippen LogP contribution in [0.5, 0.6) is 0 Å². The van der Waals surface area contributed by atoms with E-state index in [0.717, 1.165) is 68.8 Å². The van der Waals surface area contributed by atoms with E-state index in [4.69, 9.17) is 0 Å². The molecule has 0 N–H and O–H groups in total. The van der Waals surface area contributed by atoms with Gasteiger partial charge in [-0.15, -0.1) is 0 Å². The van der Waals surface area contributed by atoms with Crippen LogP contribution in [0.2, 0.25) is 0 Å². The molecule has 1 saturated heterocycles. The van der Waals surface area contributed by atoms with E-state index < -0.39 is 0 Å². The molecule has 2 aromatic rings. The summed E-state index contributed by atoms with van der Waals surface area (Å²) in [6, 6.07) is 6.69. The number of piperidine rings is 1. The lowest BCUT2D eigenvalue weighted by Gasteiger charge is -2.36. The van der Waals surface area contributed by atoms with Crippen LogP contribution in [0.3, 0.4) is 0 Å². The van der Waals surface area contributed by atoms with Crippen LogP contribution in [0.25, 0.3) is 0 Å². The highest BCUT2D eigenvalue weighted by Gasteiger charge is 2.31. The minimum absolute atomic E-state index is 0.204. The molecule has 0 spiro atoms. The van der Waals surface area contributed by atoms with Crippen molar-refractivity contribution in [3.63, 3.8) is 0 Å². The van der Waals surface area contributed by atoms with E-state index in [2.05, 4.69) is 21.4 Å². The van der Waals surface area contributed by atoms with Gasteiger partial charge in [0.05, 0.1) is 0 Å².